The fourth-order valence-electron chi connectivity index (χ4n) is 3.40. The van der Waals surface area contributed by atoms with Gasteiger partial charge in [0.25, 0.3) is 5.91 Å². The fraction of sp³-hybridized carbons (Fsp3) is 0.136. The van der Waals surface area contributed by atoms with Crippen LogP contribution < -0.4 is 15.0 Å². The molecule has 0 saturated carbocycles. The maximum absolute atomic E-state index is 13.5. The summed E-state index contributed by atoms with van der Waals surface area (Å²) >= 11 is 7.11. The second-order valence-electron chi connectivity index (χ2n) is 6.64. The molecule has 3 aromatic rings. The Bertz CT molecular complexity index is 1070. The van der Waals surface area contributed by atoms with Crippen molar-refractivity contribution in [3.8, 4) is 5.75 Å². The second-order valence-corrected chi connectivity index (χ2v) is 8.41. The minimum atomic E-state index is -0.382. The van der Waals surface area contributed by atoms with E-state index >= 15 is 0 Å². The molecule has 0 fully saturated rings. The maximum Gasteiger partial charge on any atom is 0.262 e. The minimum absolute atomic E-state index is 0.0552. The molecule has 1 heterocycles. The van der Waals surface area contributed by atoms with Crippen LogP contribution in [-0.2, 0) is 0 Å². The number of methoxy groups -OCH3 is 1. The number of halogens is 2. The highest BCUT2D eigenvalue weighted by Gasteiger charge is 2.35. The Morgan fingerprint density at radius 3 is 2.61 bits per heavy atom. The van der Waals surface area contributed by atoms with E-state index in [4.69, 9.17) is 4.74 Å². The summed E-state index contributed by atoms with van der Waals surface area (Å²) in [4.78, 5) is 15.3. The first-order valence-electron chi connectivity index (χ1n) is 8.77. The Balaban J connectivity index is 1.91. The van der Waals surface area contributed by atoms with Crippen LogP contribution in [0.15, 0.2) is 69.6 Å². The van der Waals surface area contributed by atoms with E-state index in [0.29, 0.717) is 5.56 Å². The van der Waals surface area contributed by atoms with Crippen molar-refractivity contribution in [1.82, 2.24) is 0 Å². The smallest absolute Gasteiger partial charge is 0.262 e. The van der Waals surface area contributed by atoms with Gasteiger partial charge in [0.05, 0.1) is 12.7 Å². The van der Waals surface area contributed by atoms with Gasteiger partial charge in [0.15, 0.2) is 0 Å². The number of aryl methyl sites for hydroxylation is 1. The number of ether oxygens (including phenoxy) is 1. The van der Waals surface area contributed by atoms with Gasteiger partial charge in [-0.1, -0.05) is 44.0 Å². The van der Waals surface area contributed by atoms with Crippen LogP contribution in [0.3, 0.4) is 0 Å². The van der Waals surface area contributed by atoms with E-state index in [9.17, 15) is 4.79 Å². The SMILES string of the molecule is COc1ccc(Br)c(C2Nc3ccc(Br)cc3C(=O)N2c2cccc(C)c2)c1. The molecule has 0 aliphatic carbocycles. The number of hydrogen-bond acceptors (Lipinski definition) is 3. The Hall–Kier alpha value is -2.31. The molecule has 1 N–H and O–H groups in total. The van der Waals surface area contributed by atoms with E-state index in [0.717, 1.165) is 37.2 Å². The lowest BCUT2D eigenvalue weighted by atomic mass is 10.0. The zero-order chi connectivity index (χ0) is 19.8. The van der Waals surface area contributed by atoms with Crippen LogP contribution >= 0.6 is 31.9 Å². The molecule has 28 heavy (non-hydrogen) atoms. The first-order chi connectivity index (χ1) is 13.5. The van der Waals surface area contributed by atoms with Gasteiger partial charge >= 0.3 is 0 Å². The summed E-state index contributed by atoms with van der Waals surface area (Å²) in [7, 11) is 1.64. The molecule has 0 aromatic heterocycles. The molecule has 1 atom stereocenters. The molecule has 4 rings (SSSR count). The molecule has 1 amide bonds. The molecule has 1 aliphatic rings. The van der Waals surface area contributed by atoms with Crippen LogP contribution in [-0.4, -0.2) is 13.0 Å². The molecule has 1 aliphatic heterocycles. The summed E-state index contributed by atoms with van der Waals surface area (Å²) in [6.07, 6.45) is -0.382. The van der Waals surface area contributed by atoms with Crippen molar-refractivity contribution < 1.29 is 9.53 Å². The number of amides is 1. The van der Waals surface area contributed by atoms with E-state index in [1.165, 1.54) is 0 Å². The Morgan fingerprint density at radius 2 is 1.86 bits per heavy atom. The Labute approximate surface area is 180 Å². The lowest BCUT2D eigenvalue weighted by Crippen LogP contribution is -2.43. The maximum atomic E-state index is 13.5. The third-order valence-electron chi connectivity index (χ3n) is 4.76. The molecule has 4 nitrogen and oxygen atoms in total. The van der Waals surface area contributed by atoms with Gasteiger partial charge in [0, 0.05) is 25.9 Å². The molecular formula is C22H18Br2N2O2. The molecule has 1 unspecified atom stereocenters. The minimum Gasteiger partial charge on any atom is -0.497 e. The second kappa shape index (κ2) is 7.60. The van der Waals surface area contributed by atoms with Crippen molar-refractivity contribution in [2.75, 3.05) is 17.3 Å². The highest BCUT2D eigenvalue weighted by Crippen LogP contribution is 2.40. The largest absolute Gasteiger partial charge is 0.497 e. The number of benzene rings is 3. The van der Waals surface area contributed by atoms with Crippen molar-refractivity contribution in [1.29, 1.82) is 0 Å². The number of nitrogens with zero attached hydrogens (tertiary/aromatic N) is 1. The monoisotopic (exact) mass is 500 g/mol. The number of carbonyl (C=O) groups excluding carboxylic acids is 1. The molecule has 0 saturated heterocycles. The lowest BCUT2D eigenvalue weighted by molar-refractivity contribution is 0.0974. The third kappa shape index (κ3) is 3.42. The Morgan fingerprint density at radius 1 is 1.04 bits per heavy atom. The van der Waals surface area contributed by atoms with Gasteiger partial charge in [0.2, 0.25) is 0 Å². The summed E-state index contributed by atoms with van der Waals surface area (Å²) in [5, 5.41) is 3.53. The van der Waals surface area contributed by atoms with Crippen LogP contribution in [0.5, 0.6) is 5.75 Å². The zero-order valence-electron chi connectivity index (χ0n) is 15.4. The van der Waals surface area contributed by atoms with Crippen LogP contribution in [0.1, 0.15) is 27.7 Å². The first kappa shape index (κ1) is 19.0. The Kier molecular flexibility index (Phi) is 5.17. The van der Waals surface area contributed by atoms with E-state index in [2.05, 4.69) is 37.2 Å². The molecule has 0 bridgehead atoms. The van der Waals surface area contributed by atoms with E-state index in [1.54, 1.807) is 12.0 Å². The standard InChI is InChI=1S/C22H18Br2N2O2/c1-13-4-3-5-15(10-13)26-21(17-12-16(28-2)7-8-19(17)24)25-20-9-6-14(23)11-18(20)22(26)27/h3-12,21,25H,1-2H3. The van der Waals surface area contributed by atoms with E-state index in [-0.39, 0.29) is 12.1 Å². The average molecular weight is 502 g/mol. The van der Waals surface area contributed by atoms with Gasteiger partial charge in [0.1, 0.15) is 11.9 Å². The van der Waals surface area contributed by atoms with Gasteiger partial charge < -0.3 is 10.1 Å². The van der Waals surface area contributed by atoms with Gasteiger partial charge in [-0.25, -0.2) is 0 Å². The van der Waals surface area contributed by atoms with Crippen molar-refractivity contribution in [3.05, 3.63) is 86.3 Å². The molecular weight excluding hydrogens is 484 g/mol. The van der Waals surface area contributed by atoms with Crippen molar-refractivity contribution in [3.63, 3.8) is 0 Å². The summed E-state index contributed by atoms with van der Waals surface area (Å²) in [5.74, 6) is 0.679. The van der Waals surface area contributed by atoms with E-state index in [1.807, 2.05) is 67.6 Å². The van der Waals surface area contributed by atoms with Crippen molar-refractivity contribution in [2.45, 2.75) is 13.1 Å². The molecule has 6 heteroatoms. The number of anilines is 2. The number of rotatable bonds is 3. The first-order valence-corrected chi connectivity index (χ1v) is 10.4. The lowest BCUT2D eigenvalue weighted by Gasteiger charge is -2.38. The summed E-state index contributed by atoms with van der Waals surface area (Å²) in [6, 6.07) is 19.4. The molecule has 142 valence electrons. The highest BCUT2D eigenvalue weighted by molar-refractivity contribution is 9.10. The topological polar surface area (TPSA) is 41.6 Å². The van der Waals surface area contributed by atoms with Gasteiger partial charge in [-0.15, -0.1) is 0 Å². The summed E-state index contributed by atoms with van der Waals surface area (Å²) in [6.45, 7) is 2.02. The highest BCUT2D eigenvalue weighted by atomic mass is 79.9. The van der Waals surface area contributed by atoms with Crippen LogP contribution in [0.4, 0.5) is 11.4 Å². The van der Waals surface area contributed by atoms with E-state index < -0.39 is 0 Å². The normalized spacial score (nSPS) is 15.8. The van der Waals surface area contributed by atoms with Crippen LogP contribution in [0, 0.1) is 6.92 Å². The van der Waals surface area contributed by atoms with Gasteiger partial charge in [-0.05, 0) is 61.0 Å². The predicted octanol–water partition coefficient (Wildman–Crippen LogP) is 6.30. The number of nitrogens with one attached hydrogen (secondary N) is 1. The van der Waals surface area contributed by atoms with Crippen molar-refractivity contribution >= 4 is 49.1 Å². The van der Waals surface area contributed by atoms with Gasteiger partial charge in [-0.2, -0.15) is 0 Å². The predicted molar refractivity (Wildman–Crippen MR) is 119 cm³/mol. The number of hydrogen-bond donors (Lipinski definition) is 1. The van der Waals surface area contributed by atoms with Crippen LogP contribution in [0.2, 0.25) is 0 Å². The van der Waals surface area contributed by atoms with Crippen molar-refractivity contribution in [2.24, 2.45) is 0 Å². The fourth-order valence-corrected chi connectivity index (χ4v) is 4.22. The summed E-state index contributed by atoms with van der Waals surface area (Å²) in [5.41, 5.74) is 4.28. The summed E-state index contributed by atoms with van der Waals surface area (Å²) < 4.78 is 7.18. The number of fused-ring (bicyclic) bond motifs is 1. The molecule has 3 aromatic carbocycles. The molecule has 0 radical (unpaired) electrons. The quantitative estimate of drug-likeness (QED) is 0.457. The zero-order valence-corrected chi connectivity index (χ0v) is 18.5. The number of carbonyl (C=O) groups is 1. The molecule has 0 spiro atoms. The van der Waals surface area contributed by atoms with Gasteiger partial charge in [-0.3, -0.25) is 9.69 Å². The average Bonchev–Trinajstić information content (AvgIpc) is 2.69. The third-order valence-corrected chi connectivity index (χ3v) is 5.97. The van der Waals surface area contributed by atoms with Crippen LogP contribution in [0.25, 0.3) is 0 Å².